The molecular formula is C21H18ClN3O2S. The maximum Gasteiger partial charge on any atom is 0.242 e. The molecule has 4 aromatic rings. The largest absolute Gasteiger partial charge is 0.508 e. The van der Waals surface area contributed by atoms with Crippen molar-refractivity contribution in [3.8, 4) is 28.1 Å². The number of aromatic nitrogens is 1. The number of phenols is 1. The number of hydrogen-bond donors (Lipinski definition) is 3. The van der Waals surface area contributed by atoms with Crippen LogP contribution in [0.15, 0.2) is 53.0 Å². The monoisotopic (exact) mass is 411 g/mol. The van der Waals surface area contributed by atoms with Crippen LogP contribution in [-0.2, 0) is 0 Å². The van der Waals surface area contributed by atoms with E-state index >= 15 is 0 Å². The van der Waals surface area contributed by atoms with E-state index in [2.05, 4.69) is 17.5 Å². The lowest BCUT2D eigenvalue weighted by molar-refractivity contribution is 0.316. The summed E-state index contributed by atoms with van der Waals surface area (Å²) < 4.78 is 1.75. The smallest absolute Gasteiger partial charge is 0.242 e. The van der Waals surface area contributed by atoms with Crippen molar-refractivity contribution in [2.45, 2.75) is 13.8 Å². The van der Waals surface area contributed by atoms with Gasteiger partial charge in [0.1, 0.15) is 5.75 Å². The molecule has 142 valence electrons. The van der Waals surface area contributed by atoms with E-state index in [1.165, 1.54) is 0 Å². The van der Waals surface area contributed by atoms with Crippen LogP contribution in [0.25, 0.3) is 33.3 Å². The van der Waals surface area contributed by atoms with Crippen molar-refractivity contribution < 1.29 is 10.3 Å². The normalized spacial score (nSPS) is 12.0. The van der Waals surface area contributed by atoms with E-state index in [1.54, 1.807) is 34.1 Å². The highest BCUT2D eigenvalue weighted by Crippen LogP contribution is 2.45. The van der Waals surface area contributed by atoms with Gasteiger partial charge in [0.25, 0.3) is 0 Å². The maximum atomic E-state index is 9.74. The van der Waals surface area contributed by atoms with Crippen molar-refractivity contribution in [1.29, 1.82) is 0 Å². The number of halogens is 1. The summed E-state index contributed by atoms with van der Waals surface area (Å²) in [6.45, 7) is 4.09. The topological polar surface area (TPSA) is 83.8 Å². The second kappa shape index (κ2) is 6.89. The third-order valence-corrected chi connectivity index (χ3v) is 6.08. The quantitative estimate of drug-likeness (QED) is 0.174. The van der Waals surface area contributed by atoms with E-state index in [1.807, 2.05) is 31.2 Å². The molecule has 0 amide bonds. The van der Waals surface area contributed by atoms with Gasteiger partial charge in [-0.1, -0.05) is 28.9 Å². The summed E-state index contributed by atoms with van der Waals surface area (Å²) in [5.41, 5.74) is 11.7. The van der Waals surface area contributed by atoms with Gasteiger partial charge in [-0.15, -0.1) is 11.3 Å². The number of hydrogen-bond acceptors (Lipinski definition) is 4. The molecule has 5 nitrogen and oxygen atoms in total. The van der Waals surface area contributed by atoms with Crippen LogP contribution in [0, 0.1) is 13.8 Å². The summed E-state index contributed by atoms with van der Waals surface area (Å²) in [6, 6.07) is 12.5. The fourth-order valence-corrected chi connectivity index (χ4v) is 4.65. The Kier molecular flexibility index (Phi) is 4.53. The minimum Gasteiger partial charge on any atom is -0.508 e. The van der Waals surface area contributed by atoms with Crippen LogP contribution >= 0.6 is 22.9 Å². The lowest BCUT2D eigenvalue weighted by atomic mass is 9.97. The van der Waals surface area contributed by atoms with Gasteiger partial charge in [0.05, 0.1) is 11.2 Å². The van der Waals surface area contributed by atoms with E-state index in [0.29, 0.717) is 5.02 Å². The number of thiophene rings is 1. The lowest BCUT2D eigenvalue weighted by Gasteiger charge is -2.12. The molecule has 7 heteroatoms. The minimum absolute atomic E-state index is 0.0302. The molecule has 0 radical (unpaired) electrons. The molecule has 0 fully saturated rings. The van der Waals surface area contributed by atoms with Crippen LogP contribution in [0.3, 0.4) is 0 Å². The standard InChI is InChI=1S/C21H18ClN3O2S/c1-11-10-28-12(2)18(11)20-19(13-3-6-15(26)7-4-13)16-9-14(22)5-8-17(16)25(20)21(23)24-27/h3-10,26-27H,1-2H3,(H2,23,24). The van der Waals surface area contributed by atoms with E-state index in [0.717, 1.165) is 43.7 Å². The zero-order valence-corrected chi connectivity index (χ0v) is 16.8. The third-order valence-electron chi connectivity index (χ3n) is 4.81. The van der Waals surface area contributed by atoms with E-state index in [4.69, 9.17) is 17.3 Å². The second-order valence-corrected chi connectivity index (χ2v) is 8.10. The Morgan fingerprint density at radius 2 is 1.82 bits per heavy atom. The first-order valence-corrected chi connectivity index (χ1v) is 9.84. The molecule has 2 aromatic carbocycles. The Morgan fingerprint density at radius 1 is 1.11 bits per heavy atom. The predicted molar refractivity (Wildman–Crippen MR) is 116 cm³/mol. The predicted octanol–water partition coefficient (Wildman–Crippen LogP) is 5.56. The van der Waals surface area contributed by atoms with Gasteiger partial charge in [-0.3, -0.25) is 4.57 Å². The second-order valence-electron chi connectivity index (χ2n) is 6.58. The number of phenolic OH excluding ortho intramolecular Hbond substituents is 1. The van der Waals surface area contributed by atoms with E-state index in [9.17, 15) is 10.3 Å². The summed E-state index contributed by atoms with van der Waals surface area (Å²) >= 11 is 7.96. The van der Waals surface area contributed by atoms with Gasteiger partial charge in [-0.05, 0) is 60.7 Å². The number of nitrogens with two attached hydrogens (primary N) is 1. The Bertz CT molecular complexity index is 1200. The average molecular weight is 412 g/mol. The number of oxime groups is 1. The molecule has 2 aromatic heterocycles. The molecule has 0 aliphatic carbocycles. The molecule has 28 heavy (non-hydrogen) atoms. The average Bonchev–Trinajstić information content (AvgIpc) is 3.17. The number of aryl methyl sites for hydroxylation is 2. The highest BCUT2D eigenvalue weighted by Gasteiger charge is 2.25. The molecule has 2 heterocycles. The number of aromatic hydroxyl groups is 1. The fraction of sp³-hybridized carbons (Fsp3) is 0.0952. The van der Waals surface area contributed by atoms with Crippen LogP contribution in [-0.4, -0.2) is 20.8 Å². The van der Waals surface area contributed by atoms with Crippen molar-refractivity contribution in [1.82, 2.24) is 4.57 Å². The Labute approximate surface area is 170 Å². The summed E-state index contributed by atoms with van der Waals surface area (Å²) in [5, 5.41) is 26.0. The number of benzene rings is 2. The van der Waals surface area contributed by atoms with Gasteiger partial charge in [0.2, 0.25) is 5.96 Å². The number of nitrogens with zero attached hydrogens (tertiary/aromatic N) is 2. The summed E-state index contributed by atoms with van der Waals surface area (Å²) in [7, 11) is 0. The van der Waals surface area contributed by atoms with Crippen LogP contribution in [0.5, 0.6) is 5.75 Å². The molecule has 0 atom stereocenters. The SMILES string of the molecule is Cc1csc(C)c1-c1c(-c2ccc(O)cc2)c2cc(Cl)ccc2n1C(N)=NO. The van der Waals surface area contributed by atoms with E-state index in [-0.39, 0.29) is 11.7 Å². The van der Waals surface area contributed by atoms with Crippen molar-refractivity contribution in [3.63, 3.8) is 0 Å². The molecule has 0 aliphatic heterocycles. The first kappa shape index (κ1) is 18.4. The number of rotatable bonds is 2. The molecule has 0 bridgehead atoms. The molecule has 4 rings (SSSR count). The first-order valence-electron chi connectivity index (χ1n) is 8.58. The van der Waals surface area contributed by atoms with Crippen molar-refractivity contribution in [2.24, 2.45) is 10.9 Å². The third kappa shape index (κ3) is 2.82. The lowest BCUT2D eigenvalue weighted by Crippen LogP contribution is -2.23. The molecule has 0 unspecified atom stereocenters. The zero-order valence-electron chi connectivity index (χ0n) is 15.3. The molecule has 0 saturated carbocycles. The Balaban J connectivity index is 2.24. The van der Waals surface area contributed by atoms with Gasteiger partial charge < -0.3 is 16.0 Å². The molecule has 0 saturated heterocycles. The first-order chi connectivity index (χ1) is 13.4. The Hall–Kier alpha value is -2.96. The van der Waals surface area contributed by atoms with Crippen LogP contribution in [0.1, 0.15) is 10.4 Å². The fourth-order valence-electron chi connectivity index (χ4n) is 3.63. The summed E-state index contributed by atoms with van der Waals surface area (Å²) in [5.74, 6) is 0.156. The van der Waals surface area contributed by atoms with Crippen molar-refractivity contribution in [3.05, 3.63) is 63.3 Å². The molecule has 0 spiro atoms. The van der Waals surface area contributed by atoms with Gasteiger partial charge >= 0.3 is 0 Å². The molecule has 4 N–H and O–H groups in total. The van der Waals surface area contributed by atoms with Gasteiger partial charge in [0, 0.05) is 26.4 Å². The van der Waals surface area contributed by atoms with Gasteiger partial charge in [0.15, 0.2) is 0 Å². The molecule has 0 aliphatic rings. The maximum absolute atomic E-state index is 9.74. The minimum atomic E-state index is -0.0302. The highest BCUT2D eigenvalue weighted by molar-refractivity contribution is 7.10. The number of fused-ring (bicyclic) bond motifs is 1. The Morgan fingerprint density at radius 3 is 2.43 bits per heavy atom. The highest BCUT2D eigenvalue weighted by atomic mass is 35.5. The van der Waals surface area contributed by atoms with E-state index < -0.39 is 0 Å². The van der Waals surface area contributed by atoms with Gasteiger partial charge in [-0.2, -0.15) is 0 Å². The van der Waals surface area contributed by atoms with Crippen molar-refractivity contribution in [2.75, 3.05) is 0 Å². The van der Waals surface area contributed by atoms with Gasteiger partial charge in [-0.25, -0.2) is 0 Å². The van der Waals surface area contributed by atoms with Crippen molar-refractivity contribution >= 4 is 39.8 Å². The van der Waals surface area contributed by atoms with Crippen LogP contribution in [0.4, 0.5) is 0 Å². The zero-order chi connectivity index (χ0) is 20.0. The molecular weight excluding hydrogens is 394 g/mol. The summed E-state index contributed by atoms with van der Waals surface area (Å²) in [6.07, 6.45) is 0. The van der Waals surface area contributed by atoms with Crippen LogP contribution in [0.2, 0.25) is 5.02 Å². The van der Waals surface area contributed by atoms with Crippen LogP contribution < -0.4 is 5.73 Å². The summed E-state index contributed by atoms with van der Waals surface area (Å²) in [4.78, 5) is 1.12.